The minimum absolute atomic E-state index is 0.0369. The van der Waals surface area contributed by atoms with Gasteiger partial charge in [0.2, 0.25) is 0 Å². The summed E-state index contributed by atoms with van der Waals surface area (Å²) in [5.74, 6) is -0.250. The molecule has 42 heavy (non-hydrogen) atoms. The third-order valence-electron chi connectivity index (χ3n) is 9.88. The Bertz CT molecular complexity index is 1570. The highest BCUT2D eigenvalue weighted by molar-refractivity contribution is 5.98. The molecular formula is C38H46N2O2. The largest absolute Gasteiger partial charge is 0.445 e. The van der Waals surface area contributed by atoms with Gasteiger partial charge in [-0.3, -0.25) is 0 Å². The molecule has 2 aliphatic rings. The normalized spacial score (nSPS) is 21.1. The van der Waals surface area contributed by atoms with Gasteiger partial charge in [0.1, 0.15) is 0 Å². The van der Waals surface area contributed by atoms with Crippen molar-refractivity contribution in [3.63, 3.8) is 0 Å². The molecular weight excluding hydrogens is 516 g/mol. The summed E-state index contributed by atoms with van der Waals surface area (Å²) >= 11 is 0. The molecule has 3 atom stereocenters. The summed E-state index contributed by atoms with van der Waals surface area (Å²) in [5.41, 5.74) is 6.94. The van der Waals surface area contributed by atoms with Gasteiger partial charge in [-0.15, -0.1) is 0 Å². The average Bonchev–Trinajstić information content (AvgIpc) is 3.58. The van der Waals surface area contributed by atoms with Crippen LogP contribution in [0.4, 0.5) is 5.69 Å². The Kier molecular flexibility index (Phi) is 8.16. The maximum absolute atomic E-state index is 13.8. The summed E-state index contributed by atoms with van der Waals surface area (Å²) < 4.78 is 9.36. The standard InChI is InChI=1S/C38H46N2O2/c1-5-7-9-10-11-18-26-40-28(4)36(31-21-14-17-24-34(31)40)38(32-22-15-12-19-29(32)37(41)42-38)35-27(3)39(25-8-6-2)33-23-16-13-20-30(33)35/h12-17,19-24,27,35H,5-11,18,25-26H2,1-4H3. The first-order valence-electron chi connectivity index (χ1n) is 16.3. The number of fused-ring (bicyclic) bond motifs is 3. The molecule has 0 radical (unpaired) electrons. The van der Waals surface area contributed by atoms with Crippen LogP contribution in [-0.2, 0) is 16.9 Å². The van der Waals surface area contributed by atoms with Gasteiger partial charge < -0.3 is 14.2 Å². The van der Waals surface area contributed by atoms with Crippen LogP contribution in [0.25, 0.3) is 10.9 Å². The second-order valence-corrected chi connectivity index (χ2v) is 12.4. The molecule has 0 saturated carbocycles. The summed E-state index contributed by atoms with van der Waals surface area (Å²) in [6.07, 6.45) is 9.86. The van der Waals surface area contributed by atoms with Crippen molar-refractivity contribution in [3.05, 3.63) is 101 Å². The maximum Gasteiger partial charge on any atom is 0.339 e. The van der Waals surface area contributed by atoms with Crippen LogP contribution in [-0.4, -0.2) is 23.1 Å². The minimum atomic E-state index is -0.916. The monoisotopic (exact) mass is 562 g/mol. The number of ether oxygens (including phenoxy) is 1. The first kappa shape index (κ1) is 28.6. The number of cyclic esters (lactones) is 1. The van der Waals surface area contributed by atoms with E-state index in [1.807, 2.05) is 12.1 Å². The zero-order valence-electron chi connectivity index (χ0n) is 25.9. The van der Waals surface area contributed by atoms with Crippen molar-refractivity contribution in [3.8, 4) is 0 Å². The Morgan fingerprint density at radius 1 is 0.786 bits per heavy atom. The number of hydrogen-bond acceptors (Lipinski definition) is 3. The van der Waals surface area contributed by atoms with Gasteiger partial charge in [-0.2, -0.15) is 0 Å². The number of aryl methyl sites for hydroxylation is 1. The molecule has 4 aromatic rings. The SMILES string of the molecule is CCCCCCCCn1c(C)c(C2(C3c4ccccc4N(CCCC)C3C)OC(=O)c3ccccc32)c2ccccc21. The summed E-state index contributed by atoms with van der Waals surface area (Å²) in [5, 5.41) is 1.20. The quantitative estimate of drug-likeness (QED) is 0.127. The summed E-state index contributed by atoms with van der Waals surface area (Å²) in [6.45, 7) is 11.1. The molecule has 0 spiro atoms. The molecule has 1 aromatic heterocycles. The molecule has 2 aliphatic heterocycles. The van der Waals surface area contributed by atoms with Crippen molar-refractivity contribution in [1.29, 1.82) is 0 Å². The third kappa shape index (κ3) is 4.55. The second-order valence-electron chi connectivity index (χ2n) is 12.4. The molecule has 3 aromatic carbocycles. The Morgan fingerprint density at radius 3 is 2.31 bits per heavy atom. The zero-order valence-corrected chi connectivity index (χ0v) is 25.9. The van der Waals surface area contributed by atoms with Gasteiger partial charge in [0.25, 0.3) is 0 Å². The van der Waals surface area contributed by atoms with E-state index >= 15 is 0 Å². The first-order valence-corrected chi connectivity index (χ1v) is 16.3. The maximum atomic E-state index is 13.8. The van der Waals surface area contributed by atoms with E-state index < -0.39 is 5.60 Å². The summed E-state index contributed by atoms with van der Waals surface area (Å²) in [6, 6.07) is 25.9. The second kappa shape index (κ2) is 12.0. The number of aromatic nitrogens is 1. The number of benzene rings is 3. The fourth-order valence-electron chi connectivity index (χ4n) is 7.93. The van der Waals surface area contributed by atoms with Crippen LogP contribution in [0, 0.1) is 6.92 Å². The number of hydrogen-bond donors (Lipinski definition) is 0. The van der Waals surface area contributed by atoms with E-state index in [-0.39, 0.29) is 17.9 Å². The molecule has 0 amide bonds. The van der Waals surface area contributed by atoms with Crippen molar-refractivity contribution < 1.29 is 9.53 Å². The van der Waals surface area contributed by atoms with Crippen LogP contribution in [0.2, 0.25) is 0 Å². The number of esters is 1. The Balaban J connectivity index is 1.55. The predicted molar refractivity (Wildman–Crippen MR) is 174 cm³/mol. The van der Waals surface area contributed by atoms with Crippen molar-refractivity contribution in [1.82, 2.24) is 4.57 Å². The molecule has 220 valence electrons. The average molecular weight is 563 g/mol. The van der Waals surface area contributed by atoms with Crippen LogP contribution in [0.1, 0.15) is 111 Å². The van der Waals surface area contributed by atoms with Gasteiger partial charge in [0.05, 0.1) is 11.5 Å². The van der Waals surface area contributed by atoms with E-state index in [0.717, 1.165) is 43.5 Å². The molecule has 0 bridgehead atoms. The van der Waals surface area contributed by atoms with Gasteiger partial charge in [-0.25, -0.2) is 4.79 Å². The number of anilines is 1. The van der Waals surface area contributed by atoms with Gasteiger partial charge in [-0.05, 0) is 50.5 Å². The fraction of sp³-hybridized carbons (Fsp3) is 0.447. The van der Waals surface area contributed by atoms with E-state index in [4.69, 9.17) is 4.74 Å². The Labute approximate surface area is 251 Å². The van der Waals surface area contributed by atoms with Crippen molar-refractivity contribution in [2.45, 2.75) is 103 Å². The number of para-hydroxylation sites is 2. The number of unbranched alkanes of at least 4 members (excludes halogenated alkanes) is 6. The molecule has 0 fully saturated rings. The third-order valence-corrected chi connectivity index (χ3v) is 9.88. The van der Waals surface area contributed by atoms with Crippen molar-refractivity contribution in [2.75, 3.05) is 11.4 Å². The van der Waals surface area contributed by atoms with Crippen molar-refractivity contribution in [2.24, 2.45) is 0 Å². The summed E-state index contributed by atoms with van der Waals surface area (Å²) in [4.78, 5) is 16.4. The lowest BCUT2D eigenvalue weighted by atomic mass is 9.70. The molecule has 3 heterocycles. The molecule has 3 unspecified atom stereocenters. The van der Waals surface area contributed by atoms with E-state index in [9.17, 15) is 4.79 Å². The lowest BCUT2D eigenvalue weighted by molar-refractivity contribution is -0.00324. The van der Waals surface area contributed by atoms with E-state index in [0.29, 0.717) is 5.56 Å². The highest BCUT2D eigenvalue weighted by atomic mass is 16.6. The number of carbonyl (C=O) groups excluding carboxylic acids is 1. The van der Waals surface area contributed by atoms with E-state index in [2.05, 4.69) is 97.8 Å². The van der Waals surface area contributed by atoms with Crippen molar-refractivity contribution >= 4 is 22.6 Å². The number of rotatable bonds is 12. The lowest BCUT2D eigenvalue weighted by Gasteiger charge is -2.39. The first-order chi connectivity index (χ1) is 20.5. The number of nitrogens with zero attached hydrogens (tertiary/aromatic N) is 2. The van der Waals surface area contributed by atoms with Crippen LogP contribution in [0.5, 0.6) is 0 Å². The smallest absolute Gasteiger partial charge is 0.339 e. The lowest BCUT2D eigenvalue weighted by Crippen LogP contribution is -2.44. The topological polar surface area (TPSA) is 34.5 Å². The van der Waals surface area contributed by atoms with Crippen LogP contribution >= 0.6 is 0 Å². The van der Waals surface area contributed by atoms with E-state index in [1.165, 1.54) is 60.0 Å². The van der Waals surface area contributed by atoms with Crippen LogP contribution < -0.4 is 4.90 Å². The molecule has 4 heteroatoms. The van der Waals surface area contributed by atoms with Crippen LogP contribution in [0.3, 0.4) is 0 Å². The zero-order chi connectivity index (χ0) is 29.3. The van der Waals surface area contributed by atoms with Gasteiger partial charge in [0, 0.05) is 52.5 Å². The Morgan fingerprint density at radius 2 is 1.48 bits per heavy atom. The van der Waals surface area contributed by atoms with Gasteiger partial charge >= 0.3 is 5.97 Å². The number of carbonyl (C=O) groups is 1. The fourth-order valence-corrected chi connectivity index (χ4v) is 7.93. The molecule has 4 nitrogen and oxygen atoms in total. The summed E-state index contributed by atoms with van der Waals surface area (Å²) in [7, 11) is 0. The highest BCUT2D eigenvalue weighted by Crippen LogP contribution is 2.59. The van der Waals surface area contributed by atoms with E-state index in [1.54, 1.807) is 0 Å². The van der Waals surface area contributed by atoms with Gasteiger partial charge in [-0.1, -0.05) is 107 Å². The molecule has 0 saturated heterocycles. The predicted octanol–water partition coefficient (Wildman–Crippen LogP) is 9.52. The molecule has 0 aliphatic carbocycles. The highest BCUT2D eigenvalue weighted by Gasteiger charge is 2.59. The van der Waals surface area contributed by atoms with Gasteiger partial charge in [0.15, 0.2) is 5.60 Å². The molecule has 6 rings (SSSR count). The minimum Gasteiger partial charge on any atom is -0.445 e. The van der Waals surface area contributed by atoms with Crippen LogP contribution in [0.15, 0.2) is 72.8 Å². The Hall–Kier alpha value is -3.53. The molecule has 0 N–H and O–H groups in total.